The van der Waals surface area contributed by atoms with Crippen molar-refractivity contribution < 1.29 is 14.6 Å². The van der Waals surface area contributed by atoms with Crippen molar-refractivity contribution in [3.05, 3.63) is 41.7 Å². The highest BCUT2D eigenvalue weighted by atomic mass is 16.5. The molecule has 0 amide bonds. The van der Waals surface area contributed by atoms with E-state index in [2.05, 4.69) is 5.10 Å². The van der Waals surface area contributed by atoms with Crippen LogP contribution in [0.4, 0.5) is 0 Å². The average molecular weight is 272 g/mol. The molecule has 1 aliphatic carbocycles. The molecule has 1 aromatic heterocycles. The van der Waals surface area contributed by atoms with E-state index in [0.29, 0.717) is 12.8 Å². The molecule has 0 spiro atoms. The Morgan fingerprint density at radius 2 is 2.15 bits per heavy atom. The maximum Gasteiger partial charge on any atom is 0.306 e. The summed E-state index contributed by atoms with van der Waals surface area (Å²) in [7, 11) is 1.64. The number of rotatable bonds is 3. The van der Waals surface area contributed by atoms with E-state index in [1.54, 1.807) is 13.3 Å². The molecule has 0 fully saturated rings. The second kappa shape index (κ2) is 5.00. The molecule has 1 N–H and O–H groups in total. The maximum absolute atomic E-state index is 11.1. The quantitative estimate of drug-likeness (QED) is 0.929. The van der Waals surface area contributed by atoms with Gasteiger partial charge in [0.2, 0.25) is 0 Å². The molecule has 1 aliphatic rings. The Labute approximate surface area is 116 Å². The number of hydrogen-bond donors (Lipinski definition) is 1. The van der Waals surface area contributed by atoms with Gasteiger partial charge in [0.05, 0.1) is 24.9 Å². The van der Waals surface area contributed by atoms with Gasteiger partial charge in [0, 0.05) is 5.69 Å². The normalized spacial score (nSPS) is 17.6. The molecule has 20 heavy (non-hydrogen) atoms. The minimum Gasteiger partial charge on any atom is -0.497 e. The second-order valence-electron chi connectivity index (χ2n) is 5.00. The highest BCUT2D eigenvalue weighted by Gasteiger charge is 2.27. The van der Waals surface area contributed by atoms with E-state index in [9.17, 15) is 4.79 Å². The van der Waals surface area contributed by atoms with Crippen LogP contribution in [0.25, 0.3) is 5.69 Å². The molecule has 0 saturated carbocycles. The van der Waals surface area contributed by atoms with Crippen molar-refractivity contribution >= 4 is 5.97 Å². The smallest absolute Gasteiger partial charge is 0.306 e. The number of ether oxygens (including phenoxy) is 1. The zero-order chi connectivity index (χ0) is 14.1. The van der Waals surface area contributed by atoms with Crippen LogP contribution in [0.2, 0.25) is 0 Å². The van der Waals surface area contributed by atoms with Gasteiger partial charge in [0.25, 0.3) is 0 Å². The van der Waals surface area contributed by atoms with Crippen LogP contribution in [-0.4, -0.2) is 28.0 Å². The molecule has 3 rings (SSSR count). The van der Waals surface area contributed by atoms with Crippen LogP contribution in [0.15, 0.2) is 30.5 Å². The number of nitrogens with zero attached hydrogens (tertiary/aromatic N) is 2. The molecule has 0 aliphatic heterocycles. The molecule has 1 heterocycles. The molecular weight excluding hydrogens is 256 g/mol. The van der Waals surface area contributed by atoms with E-state index in [1.807, 2.05) is 28.9 Å². The lowest BCUT2D eigenvalue weighted by Crippen LogP contribution is -2.22. The summed E-state index contributed by atoms with van der Waals surface area (Å²) < 4.78 is 7.04. The van der Waals surface area contributed by atoms with E-state index in [0.717, 1.165) is 29.1 Å². The van der Waals surface area contributed by atoms with E-state index in [-0.39, 0.29) is 5.92 Å². The van der Waals surface area contributed by atoms with Crippen molar-refractivity contribution in [3.63, 3.8) is 0 Å². The fraction of sp³-hybridized carbons (Fsp3) is 0.333. The first kappa shape index (κ1) is 12.7. The molecule has 5 nitrogen and oxygen atoms in total. The molecule has 104 valence electrons. The van der Waals surface area contributed by atoms with Crippen molar-refractivity contribution in [1.29, 1.82) is 0 Å². The lowest BCUT2D eigenvalue weighted by Gasteiger charge is -2.19. The Balaban J connectivity index is 1.91. The highest BCUT2D eigenvalue weighted by molar-refractivity contribution is 5.71. The van der Waals surface area contributed by atoms with Crippen LogP contribution in [-0.2, 0) is 17.6 Å². The zero-order valence-corrected chi connectivity index (χ0v) is 11.2. The fourth-order valence-electron chi connectivity index (χ4n) is 2.68. The van der Waals surface area contributed by atoms with Crippen molar-refractivity contribution in [2.45, 2.75) is 19.3 Å². The largest absolute Gasteiger partial charge is 0.497 e. The van der Waals surface area contributed by atoms with Gasteiger partial charge in [0.1, 0.15) is 5.75 Å². The Hall–Kier alpha value is -2.30. The fourth-order valence-corrected chi connectivity index (χ4v) is 2.68. The number of aliphatic carboxylic acids is 1. The Morgan fingerprint density at radius 1 is 1.40 bits per heavy atom. The van der Waals surface area contributed by atoms with Crippen molar-refractivity contribution in [1.82, 2.24) is 9.78 Å². The van der Waals surface area contributed by atoms with Crippen molar-refractivity contribution in [2.75, 3.05) is 7.11 Å². The molecule has 0 bridgehead atoms. The number of methoxy groups -OCH3 is 1. The van der Waals surface area contributed by atoms with Gasteiger partial charge in [-0.15, -0.1) is 0 Å². The van der Waals surface area contributed by atoms with Crippen LogP contribution < -0.4 is 4.74 Å². The average Bonchev–Trinajstić information content (AvgIpc) is 2.90. The number of fused-ring (bicyclic) bond motifs is 1. The number of carbonyl (C=O) groups is 1. The Bertz CT molecular complexity index is 631. The van der Waals surface area contributed by atoms with Gasteiger partial charge in [-0.3, -0.25) is 4.79 Å². The first-order valence-corrected chi connectivity index (χ1v) is 6.62. The molecule has 1 atom stereocenters. The molecule has 1 aromatic carbocycles. The third-order valence-corrected chi connectivity index (χ3v) is 3.82. The lowest BCUT2D eigenvalue weighted by atomic mass is 9.88. The third kappa shape index (κ3) is 2.15. The molecule has 2 aromatic rings. The number of hydrogen-bond acceptors (Lipinski definition) is 3. The van der Waals surface area contributed by atoms with Gasteiger partial charge in [0.15, 0.2) is 0 Å². The predicted octanol–water partition coefficient (Wildman–Crippen LogP) is 2.07. The van der Waals surface area contributed by atoms with Crippen LogP contribution in [0.1, 0.15) is 17.7 Å². The summed E-state index contributed by atoms with van der Waals surface area (Å²) in [6, 6.07) is 7.70. The van der Waals surface area contributed by atoms with Gasteiger partial charge in [-0.1, -0.05) is 0 Å². The summed E-state index contributed by atoms with van der Waals surface area (Å²) >= 11 is 0. The van der Waals surface area contributed by atoms with Crippen LogP contribution in [0.5, 0.6) is 5.75 Å². The number of carboxylic acids is 1. The number of aromatic nitrogens is 2. The topological polar surface area (TPSA) is 64.4 Å². The van der Waals surface area contributed by atoms with Crippen LogP contribution in [0.3, 0.4) is 0 Å². The molecule has 0 radical (unpaired) electrons. The molecular formula is C15H16N2O3. The maximum atomic E-state index is 11.1. The van der Waals surface area contributed by atoms with E-state index < -0.39 is 5.97 Å². The summed E-state index contributed by atoms with van der Waals surface area (Å²) in [5, 5.41) is 13.5. The van der Waals surface area contributed by atoms with Gasteiger partial charge in [-0.2, -0.15) is 5.10 Å². The molecule has 0 unspecified atom stereocenters. The Kier molecular flexibility index (Phi) is 3.18. The number of benzene rings is 1. The van der Waals surface area contributed by atoms with Gasteiger partial charge < -0.3 is 9.84 Å². The first-order valence-electron chi connectivity index (χ1n) is 6.62. The van der Waals surface area contributed by atoms with Gasteiger partial charge in [-0.25, -0.2) is 4.68 Å². The first-order chi connectivity index (χ1) is 9.69. The van der Waals surface area contributed by atoms with Crippen LogP contribution in [0, 0.1) is 5.92 Å². The van der Waals surface area contributed by atoms with Crippen LogP contribution >= 0.6 is 0 Å². The minimum absolute atomic E-state index is 0.281. The summed E-state index contributed by atoms with van der Waals surface area (Å²) in [6.07, 6.45) is 3.78. The van der Waals surface area contributed by atoms with Crippen molar-refractivity contribution in [3.8, 4) is 11.4 Å². The summed E-state index contributed by atoms with van der Waals surface area (Å²) in [5.74, 6) is -0.190. The van der Waals surface area contributed by atoms with Crippen molar-refractivity contribution in [2.24, 2.45) is 5.92 Å². The van der Waals surface area contributed by atoms with E-state index >= 15 is 0 Å². The molecule has 5 heteroatoms. The summed E-state index contributed by atoms with van der Waals surface area (Å²) in [4.78, 5) is 11.1. The Morgan fingerprint density at radius 3 is 2.80 bits per heavy atom. The second-order valence-corrected chi connectivity index (χ2v) is 5.00. The third-order valence-electron chi connectivity index (χ3n) is 3.82. The molecule has 0 saturated heterocycles. The summed E-state index contributed by atoms with van der Waals surface area (Å²) in [5.41, 5.74) is 3.13. The highest BCUT2D eigenvalue weighted by Crippen LogP contribution is 2.27. The van der Waals surface area contributed by atoms with Gasteiger partial charge >= 0.3 is 5.97 Å². The van der Waals surface area contributed by atoms with E-state index in [1.165, 1.54) is 0 Å². The van der Waals surface area contributed by atoms with E-state index in [4.69, 9.17) is 9.84 Å². The summed E-state index contributed by atoms with van der Waals surface area (Å²) in [6.45, 7) is 0. The monoisotopic (exact) mass is 272 g/mol. The lowest BCUT2D eigenvalue weighted by molar-refractivity contribution is -0.142. The standard InChI is InChI=1S/C15H16N2O3/c1-20-13-5-3-12(4-6-13)17-14-7-2-10(15(18)19)8-11(14)9-16-17/h3-6,9-10H,2,7-8H2,1H3,(H,18,19)/t10-/m0/s1. The SMILES string of the molecule is COc1ccc(-n2ncc3c2CC[C@H](C(=O)O)C3)cc1. The number of carboxylic acid groups (broad SMARTS) is 1. The van der Waals surface area contributed by atoms with Gasteiger partial charge in [-0.05, 0) is 49.1 Å². The zero-order valence-electron chi connectivity index (χ0n) is 11.2. The minimum atomic E-state index is -0.715. The predicted molar refractivity (Wildman–Crippen MR) is 73.3 cm³/mol.